The van der Waals surface area contributed by atoms with E-state index in [9.17, 15) is 13.2 Å². The molecule has 2 aromatic heterocycles. The normalized spacial score (nSPS) is 19.1. The van der Waals surface area contributed by atoms with Crippen molar-refractivity contribution in [2.75, 3.05) is 19.3 Å². The maximum atomic E-state index is 12.4. The highest BCUT2D eigenvalue weighted by Gasteiger charge is 2.33. The van der Waals surface area contributed by atoms with Gasteiger partial charge >= 0.3 is 0 Å². The number of likely N-dealkylation sites (tertiary alicyclic amines) is 1. The fraction of sp³-hybridized carbons (Fsp3) is 0.385. The molecule has 1 fully saturated rings. The lowest BCUT2D eigenvalue weighted by atomic mass is 10.3. The van der Waals surface area contributed by atoms with E-state index in [-0.39, 0.29) is 12.5 Å². The fourth-order valence-electron chi connectivity index (χ4n) is 2.31. The molecule has 0 radical (unpaired) electrons. The highest BCUT2D eigenvalue weighted by Crippen LogP contribution is 2.25. The van der Waals surface area contributed by atoms with E-state index in [1.807, 2.05) is 0 Å². The second-order valence-corrected chi connectivity index (χ2v) is 8.23. The van der Waals surface area contributed by atoms with Crippen LogP contribution in [0.1, 0.15) is 16.9 Å². The molecule has 8 heteroatoms. The predicted molar refractivity (Wildman–Crippen MR) is 79.0 cm³/mol. The quantitative estimate of drug-likeness (QED) is 0.857. The van der Waals surface area contributed by atoms with Gasteiger partial charge in [-0.3, -0.25) is 4.79 Å². The molecule has 2 aromatic rings. The zero-order valence-electron chi connectivity index (χ0n) is 11.4. The van der Waals surface area contributed by atoms with Crippen LogP contribution in [0, 0.1) is 0 Å². The summed E-state index contributed by atoms with van der Waals surface area (Å²) < 4.78 is 28.1. The first-order valence-electron chi connectivity index (χ1n) is 6.41. The predicted octanol–water partition coefficient (Wildman–Crippen LogP) is 1.66. The average molecular weight is 326 g/mol. The summed E-state index contributed by atoms with van der Waals surface area (Å²) in [7, 11) is -3.11. The summed E-state index contributed by atoms with van der Waals surface area (Å²) in [6.45, 7) is 0.700. The average Bonchev–Trinajstić information content (AvgIpc) is 3.17. The second-order valence-electron chi connectivity index (χ2n) is 5.04. The van der Waals surface area contributed by atoms with Crippen molar-refractivity contribution in [2.45, 2.75) is 11.7 Å². The van der Waals surface area contributed by atoms with Gasteiger partial charge in [0.05, 0.1) is 11.5 Å². The molecule has 0 aromatic carbocycles. The molecule has 0 spiro atoms. The summed E-state index contributed by atoms with van der Waals surface area (Å²) in [5.41, 5.74) is 1.18. The summed E-state index contributed by atoms with van der Waals surface area (Å²) in [6, 6.07) is 1.78. The molecule has 0 bridgehead atoms. The summed E-state index contributed by atoms with van der Waals surface area (Å²) in [6.07, 6.45) is 4.83. The Morgan fingerprint density at radius 1 is 1.52 bits per heavy atom. The minimum Gasteiger partial charge on any atom is -0.472 e. The topological polar surface area (TPSA) is 80.5 Å². The summed E-state index contributed by atoms with van der Waals surface area (Å²) in [5.74, 6) is -0.216. The first-order valence-corrected chi connectivity index (χ1v) is 9.25. The minimum atomic E-state index is -3.11. The Bertz CT molecular complexity index is 749. The maximum Gasteiger partial charge on any atom is 0.273 e. The van der Waals surface area contributed by atoms with Crippen molar-refractivity contribution in [1.29, 1.82) is 0 Å². The van der Waals surface area contributed by atoms with Crippen LogP contribution in [0.5, 0.6) is 0 Å². The monoisotopic (exact) mass is 326 g/mol. The van der Waals surface area contributed by atoms with E-state index in [0.29, 0.717) is 23.7 Å². The fourth-order valence-corrected chi connectivity index (χ4v) is 4.08. The van der Waals surface area contributed by atoms with Crippen LogP contribution in [0.15, 0.2) is 28.4 Å². The lowest BCUT2D eigenvalue weighted by molar-refractivity contribution is 0.0788. The highest BCUT2D eigenvalue weighted by molar-refractivity contribution is 7.91. The van der Waals surface area contributed by atoms with Gasteiger partial charge < -0.3 is 9.32 Å². The SMILES string of the molecule is CS(=O)(=O)C1CCN(C(=O)c2csc(-c3ccoc3)n2)C1. The number of hydrogen-bond acceptors (Lipinski definition) is 6. The first-order chi connectivity index (χ1) is 9.95. The highest BCUT2D eigenvalue weighted by atomic mass is 32.2. The van der Waals surface area contributed by atoms with Crippen molar-refractivity contribution in [2.24, 2.45) is 0 Å². The third-order valence-corrected chi connectivity index (χ3v) is 6.02. The lowest BCUT2D eigenvalue weighted by Crippen LogP contribution is -2.31. The zero-order valence-corrected chi connectivity index (χ0v) is 13.0. The smallest absolute Gasteiger partial charge is 0.273 e. The second kappa shape index (κ2) is 5.27. The van der Waals surface area contributed by atoms with Gasteiger partial charge in [0.15, 0.2) is 9.84 Å². The number of carbonyl (C=O) groups is 1. The van der Waals surface area contributed by atoms with Crippen molar-refractivity contribution in [3.8, 4) is 10.6 Å². The van der Waals surface area contributed by atoms with Gasteiger partial charge in [0.1, 0.15) is 17.0 Å². The Labute approximate surface area is 126 Å². The number of hydrogen-bond donors (Lipinski definition) is 0. The van der Waals surface area contributed by atoms with E-state index in [2.05, 4.69) is 4.98 Å². The maximum absolute atomic E-state index is 12.4. The van der Waals surface area contributed by atoms with Crippen molar-refractivity contribution in [3.63, 3.8) is 0 Å². The molecule has 0 aliphatic carbocycles. The van der Waals surface area contributed by atoms with E-state index in [4.69, 9.17) is 4.42 Å². The lowest BCUT2D eigenvalue weighted by Gasteiger charge is -2.14. The molecular weight excluding hydrogens is 312 g/mol. The molecule has 1 unspecified atom stereocenters. The largest absolute Gasteiger partial charge is 0.472 e. The molecule has 21 heavy (non-hydrogen) atoms. The third kappa shape index (κ3) is 2.86. The molecule has 1 amide bonds. The summed E-state index contributed by atoms with van der Waals surface area (Å²) >= 11 is 1.36. The van der Waals surface area contributed by atoms with Gasteiger partial charge in [-0.1, -0.05) is 0 Å². The van der Waals surface area contributed by atoms with Crippen LogP contribution in [-0.2, 0) is 9.84 Å². The summed E-state index contributed by atoms with van der Waals surface area (Å²) in [4.78, 5) is 18.2. The van der Waals surface area contributed by atoms with E-state index in [1.54, 1.807) is 28.9 Å². The van der Waals surface area contributed by atoms with Gasteiger partial charge in [-0.15, -0.1) is 11.3 Å². The molecule has 1 saturated heterocycles. The zero-order chi connectivity index (χ0) is 15.0. The molecule has 1 atom stereocenters. The van der Waals surface area contributed by atoms with Crippen molar-refractivity contribution in [3.05, 3.63) is 29.7 Å². The van der Waals surface area contributed by atoms with Gasteiger partial charge in [-0.2, -0.15) is 0 Å². The molecule has 1 aliphatic heterocycles. The van der Waals surface area contributed by atoms with Crippen molar-refractivity contribution in [1.82, 2.24) is 9.88 Å². The van der Waals surface area contributed by atoms with E-state index in [1.165, 1.54) is 17.6 Å². The van der Waals surface area contributed by atoms with Gasteiger partial charge in [0.25, 0.3) is 5.91 Å². The first kappa shape index (κ1) is 14.3. The van der Waals surface area contributed by atoms with Gasteiger partial charge in [0.2, 0.25) is 0 Å². The van der Waals surface area contributed by atoms with E-state index < -0.39 is 15.1 Å². The van der Waals surface area contributed by atoms with Crippen molar-refractivity contribution >= 4 is 27.1 Å². The van der Waals surface area contributed by atoms with Crippen LogP contribution >= 0.6 is 11.3 Å². The van der Waals surface area contributed by atoms with Crippen LogP contribution in [0.3, 0.4) is 0 Å². The third-order valence-electron chi connectivity index (χ3n) is 3.53. The molecule has 3 rings (SSSR count). The number of rotatable bonds is 3. The molecule has 112 valence electrons. The number of nitrogens with zero attached hydrogens (tertiary/aromatic N) is 2. The molecule has 1 aliphatic rings. The Hall–Kier alpha value is -1.67. The Morgan fingerprint density at radius 3 is 2.95 bits per heavy atom. The van der Waals surface area contributed by atoms with Crippen LogP contribution in [0.4, 0.5) is 0 Å². The van der Waals surface area contributed by atoms with Gasteiger partial charge in [0, 0.05) is 30.3 Å². The Morgan fingerprint density at radius 2 is 2.33 bits per heavy atom. The molecule has 6 nitrogen and oxygen atoms in total. The van der Waals surface area contributed by atoms with Crippen LogP contribution in [0.2, 0.25) is 0 Å². The van der Waals surface area contributed by atoms with E-state index in [0.717, 1.165) is 5.56 Å². The standard InChI is InChI=1S/C13H14N2O4S2/c1-21(17,18)10-2-4-15(6-10)13(16)11-8-20-12(14-11)9-3-5-19-7-9/h3,5,7-8,10H,2,4,6H2,1H3. The number of furan rings is 1. The summed E-state index contributed by atoms with van der Waals surface area (Å²) in [5, 5.41) is 1.94. The van der Waals surface area contributed by atoms with E-state index >= 15 is 0 Å². The number of thiazole rings is 1. The number of carbonyl (C=O) groups excluding carboxylic acids is 1. The van der Waals surface area contributed by atoms with Crippen LogP contribution in [-0.4, -0.2) is 48.8 Å². The van der Waals surface area contributed by atoms with Crippen LogP contribution < -0.4 is 0 Å². The molecule has 0 N–H and O–H groups in total. The molecular formula is C13H14N2O4S2. The molecule has 0 saturated carbocycles. The Balaban J connectivity index is 1.75. The van der Waals surface area contributed by atoms with Crippen molar-refractivity contribution < 1.29 is 17.6 Å². The Kier molecular flexibility index (Phi) is 3.58. The van der Waals surface area contributed by atoms with Gasteiger partial charge in [-0.25, -0.2) is 13.4 Å². The number of sulfone groups is 1. The minimum absolute atomic E-state index is 0.216. The van der Waals surface area contributed by atoms with Crippen LogP contribution in [0.25, 0.3) is 10.6 Å². The van der Waals surface area contributed by atoms with Gasteiger partial charge in [-0.05, 0) is 12.5 Å². The molecule has 3 heterocycles. The number of aromatic nitrogens is 1. The number of amides is 1.